The Morgan fingerprint density at radius 2 is 1.79 bits per heavy atom. The van der Waals surface area contributed by atoms with Crippen LogP contribution in [0.1, 0.15) is 11.1 Å². The molecule has 0 aliphatic carbocycles. The molecule has 0 aliphatic rings. The van der Waals surface area contributed by atoms with Gasteiger partial charge in [0.05, 0.1) is 0 Å². The van der Waals surface area contributed by atoms with Crippen molar-refractivity contribution in [3.63, 3.8) is 0 Å². The number of tetrazole rings is 1. The molecule has 0 saturated carbocycles. The molecule has 0 atom stereocenters. The molecule has 0 radical (unpaired) electrons. The van der Waals surface area contributed by atoms with E-state index in [1.807, 2.05) is 44.2 Å². The van der Waals surface area contributed by atoms with Gasteiger partial charge in [-0.05, 0) is 59.7 Å². The van der Waals surface area contributed by atoms with Crippen molar-refractivity contribution in [3.8, 4) is 11.4 Å². The second-order valence-corrected chi connectivity index (χ2v) is 5.92. The number of aryl methyl sites for hydroxylation is 2. The van der Waals surface area contributed by atoms with Gasteiger partial charge < -0.3 is 5.32 Å². The summed E-state index contributed by atoms with van der Waals surface area (Å²) in [6, 6.07) is 13.0. The first-order valence-corrected chi connectivity index (χ1v) is 7.80. The van der Waals surface area contributed by atoms with Gasteiger partial charge in [-0.15, -0.1) is 5.10 Å². The largest absolute Gasteiger partial charge is 0.324 e. The van der Waals surface area contributed by atoms with Crippen LogP contribution < -0.4 is 5.32 Å². The Hall–Kier alpha value is -2.73. The number of nitrogens with one attached hydrogen (secondary N) is 1. The molecule has 0 unspecified atom stereocenters. The second-order valence-electron chi connectivity index (χ2n) is 5.48. The van der Waals surface area contributed by atoms with Gasteiger partial charge in [0.25, 0.3) is 0 Å². The number of amides is 1. The first-order chi connectivity index (χ1) is 11.5. The van der Waals surface area contributed by atoms with Crippen LogP contribution in [0.25, 0.3) is 11.4 Å². The molecule has 6 nitrogen and oxygen atoms in total. The molecule has 2 aromatic carbocycles. The number of anilines is 1. The van der Waals surface area contributed by atoms with Gasteiger partial charge in [0.15, 0.2) is 5.82 Å². The summed E-state index contributed by atoms with van der Waals surface area (Å²) < 4.78 is 1.46. The topological polar surface area (TPSA) is 72.7 Å². The number of hydrogen-bond donors (Lipinski definition) is 1. The predicted molar refractivity (Wildman–Crippen MR) is 92.8 cm³/mol. The van der Waals surface area contributed by atoms with Gasteiger partial charge in [-0.2, -0.15) is 0 Å². The van der Waals surface area contributed by atoms with E-state index < -0.39 is 0 Å². The normalized spacial score (nSPS) is 10.6. The highest BCUT2D eigenvalue weighted by Gasteiger charge is 2.14. The van der Waals surface area contributed by atoms with Crippen LogP contribution in [0.15, 0.2) is 42.5 Å². The Morgan fingerprint density at radius 1 is 1.12 bits per heavy atom. The van der Waals surface area contributed by atoms with E-state index in [9.17, 15) is 4.79 Å². The second kappa shape index (κ2) is 6.80. The van der Waals surface area contributed by atoms with Crippen molar-refractivity contribution in [2.45, 2.75) is 20.4 Å². The van der Waals surface area contributed by atoms with Crippen LogP contribution in [0.3, 0.4) is 0 Å². The van der Waals surface area contributed by atoms with E-state index >= 15 is 0 Å². The number of hydrogen-bond acceptors (Lipinski definition) is 4. The number of halogens is 1. The molecule has 122 valence electrons. The first-order valence-electron chi connectivity index (χ1n) is 7.43. The molecule has 1 N–H and O–H groups in total. The average Bonchev–Trinajstić information content (AvgIpc) is 3.00. The summed E-state index contributed by atoms with van der Waals surface area (Å²) >= 11 is 5.89. The first kappa shape index (κ1) is 16.1. The third-order valence-electron chi connectivity index (χ3n) is 3.67. The van der Waals surface area contributed by atoms with Gasteiger partial charge in [0, 0.05) is 16.3 Å². The Labute approximate surface area is 144 Å². The van der Waals surface area contributed by atoms with Crippen LogP contribution in [0.2, 0.25) is 5.02 Å². The number of carbonyl (C=O) groups excluding carboxylic acids is 1. The highest BCUT2D eigenvalue weighted by atomic mass is 35.5. The molecular formula is C17H16ClN5O. The molecule has 3 aromatic rings. The van der Waals surface area contributed by atoms with Crippen molar-refractivity contribution in [1.82, 2.24) is 20.2 Å². The molecule has 24 heavy (non-hydrogen) atoms. The highest BCUT2D eigenvalue weighted by molar-refractivity contribution is 6.30. The SMILES string of the molecule is Cc1cccc(C)c1NC(=O)Cn1nnnc1-c1ccc(Cl)cc1. The van der Waals surface area contributed by atoms with Gasteiger partial charge in [-0.25, -0.2) is 4.68 Å². The average molecular weight is 342 g/mol. The number of benzene rings is 2. The molecular weight excluding hydrogens is 326 g/mol. The molecule has 0 aliphatic heterocycles. The third-order valence-corrected chi connectivity index (χ3v) is 3.93. The minimum atomic E-state index is -0.185. The lowest BCUT2D eigenvalue weighted by Crippen LogP contribution is -2.21. The van der Waals surface area contributed by atoms with E-state index in [-0.39, 0.29) is 12.5 Å². The summed E-state index contributed by atoms with van der Waals surface area (Å²) in [4.78, 5) is 12.4. The third kappa shape index (κ3) is 3.44. The fourth-order valence-electron chi connectivity index (χ4n) is 2.44. The lowest BCUT2D eigenvalue weighted by molar-refractivity contribution is -0.116. The molecule has 0 saturated heterocycles. The number of rotatable bonds is 4. The molecule has 1 aromatic heterocycles. The Kier molecular flexibility index (Phi) is 4.57. The quantitative estimate of drug-likeness (QED) is 0.790. The van der Waals surface area contributed by atoms with Crippen LogP contribution in [-0.2, 0) is 11.3 Å². The zero-order valence-corrected chi connectivity index (χ0v) is 14.1. The van der Waals surface area contributed by atoms with Crippen LogP contribution in [-0.4, -0.2) is 26.1 Å². The van der Waals surface area contributed by atoms with Crippen LogP contribution in [0.5, 0.6) is 0 Å². The van der Waals surface area contributed by atoms with Gasteiger partial charge in [-0.3, -0.25) is 4.79 Å². The molecule has 3 rings (SSSR count). The Bertz CT molecular complexity index is 853. The molecule has 1 amide bonds. The fraction of sp³-hybridized carbons (Fsp3) is 0.176. The van der Waals surface area contributed by atoms with Crippen LogP contribution >= 0.6 is 11.6 Å². The molecule has 7 heteroatoms. The van der Waals surface area contributed by atoms with E-state index in [1.54, 1.807) is 12.1 Å². The van der Waals surface area contributed by atoms with E-state index in [1.165, 1.54) is 4.68 Å². The molecule has 0 bridgehead atoms. The van der Waals surface area contributed by atoms with Crippen LogP contribution in [0, 0.1) is 13.8 Å². The van der Waals surface area contributed by atoms with E-state index in [2.05, 4.69) is 20.8 Å². The van der Waals surface area contributed by atoms with Crippen LogP contribution in [0.4, 0.5) is 5.69 Å². The predicted octanol–water partition coefficient (Wildman–Crippen LogP) is 3.25. The number of aromatic nitrogens is 4. The van der Waals surface area contributed by atoms with Gasteiger partial charge >= 0.3 is 0 Å². The van der Waals surface area contributed by atoms with Crippen molar-refractivity contribution in [2.75, 3.05) is 5.32 Å². The fourth-order valence-corrected chi connectivity index (χ4v) is 2.57. The number of nitrogens with zero attached hydrogens (tertiary/aromatic N) is 4. The van der Waals surface area contributed by atoms with E-state index in [4.69, 9.17) is 11.6 Å². The summed E-state index contributed by atoms with van der Waals surface area (Å²) in [7, 11) is 0. The zero-order chi connectivity index (χ0) is 17.1. The van der Waals surface area contributed by atoms with Crippen molar-refractivity contribution in [2.24, 2.45) is 0 Å². The highest BCUT2D eigenvalue weighted by Crippen LogP contribution is 2.21. The Morgan fingerprint density at radius 3 is 2.46 bits per heavy atom. The molecule has 1 heterocycles. The lowest BCUT2D eigenvalue weighted by atomic mass is 10.1. The maximum absolute atomic E-state index is 12.4. The Balaban J connectivity index is 1.79. The smallest absolute Gasteiger partial charge is 0.246 e. The standard InChI is InChI=1S/C17H16ClN5O/c1-11-4-3-5-12(2)16(11)19-15(24)10-23-17(20-21-22-23)13-6-8-14(18)9-7-13/h3-9H,10H2,1-2H3,(H,19,24). The summed E-state index contributed by atoms with van der Waals surface area (Å²) in [5, 5.41) is 15.1. The molecule has 0 spiro atoms. The van der Waals surface area contributed by atoms with E-state index in [0.717, 1.165) is 22.4 Å². The number of carbonyl (C=O) groups is 1. The summed E-state index contributed by atoms with van der Waals surface area (Å²) in [5.74, 6) is 0.332. The van der Waals surface area contributed by atoms with Crippen molar-refractivity contribution < 1.29 is 4.79 Å². The van der Waals surface area contributed by atoms with Crippen molar-refractivity contribution >= 4 is 23.2 Å². The zero-order valence-electron chi connectivity index (χ0n) is 13.3. The monoisotopic (exact) mass is 341 g/mol. The maximum atomic E-state index is 12.4. The van der Waals surface area contributed by atoms with Crippen molar-refractivity contribution in [1.29, 1.82) is 0 Å². The minimum absolute atomic E-state index is 0.0265. The number of para-hydroxylation sites is 1. The maximum Gasteiger partial charge on any atom is 0.246 e. The minimum Gasteiger partial charge on any atom is -0.324 e. The summed E-state index contributed by atoms with van der Waals surface area (Å²) in [5.41, 5.74) is 3.64. The van der Waals surface area contributed by atoms with Gasteiger partial charge in [0.1, 0.15) is 6.54 Å². The van der Waals surface area contributed by atoms with E-state index in [0.29, 0.717) is 10.8 Å². The van der Waals surface area contributed by atoms with Gasteiger partial charge in [-0.1, -0.05) is 29.8 Å². The summed E-state index contributed by atoms with van der Waals surface area (Å²) in [6.45, 7) is 3.94. The molecule has 0 fully saturated rings. The summed E-state index contributed by atoms with van der Waals surface area (Å²) in [6.07, 6.45) is 0. The van der Waals surface area contributed by atoms with Gasteiger partial charge in [0.2, 0.25) is 5.91 Å². The van der Waals surface area contributed by atoms with Crippen molar-refractivity contribution in [3.05, 3.63) is 58.6 Å². The lowest BCUT2D eigenvalue weighted by Gasteiger charge is -2.11.